The highest BCUT2D eigenvalue weighted by molar-refractivity contribution is 6.10. The van der Waals surface area contributed by atoms with Crippen LogP contribution in [0.2, 0.25) is 0 Å². The molecule has 1 heterocycles. The van der Waals surface area contributed by atoms with Crippen LogP contribution in [0, 0.1) is 17.5 Å². The number of ketones is 1. The summed E-state index contributed by atoms with van der Waals surface area (Å²) in [6.45, 7) is 1.72. The van der Waals surface area contributed by atoms with Gasteiger partial charge in [0.25, 0.3) is 5.91 Å². The maximum Gasteiger partial charge on any atom is 0.254 e. The molecule has 5 rings (SSSR count). The van der Waals surface area contributed by atoms with Crippen LogP contribution in [0.15, 0.2) is 95.3 Å². The van der Waals surface area contributed by atoms with Crippen LogP contribution in [-0.2, 0) is 9.59 Å². The van der Waals surface area contributed by atoms with Gasteiger partial charge in [0.1, 0.15) is 17.5 Å². The molecule has 0 radical (unpaired) electrons. The summed E-state index contributed by atoms with van der Waals surface area (Å²) in [4.78, 5) is 27.0. The van der Waals surface area contributed by atoms with Gasteiger partial charge in [0.15, 0.2) is 5.78 Å². The maximum atomic E-state index is 14.3. The lowest BCUT2D eigenvalue weighted by atomic mass is 9.71. The number of rotatable bonds is 4. The second kappa shape index (κ2) is 9.49. The minimum absolute atomic E-state index is 0.0182. The molecule has 2 aliphatic rings. The molecule has 182 valence electrons. The Morgan fingerprint density at radius 1 is 0.889 bits per heavy atom. The van der Waals surface area contributed by atoms with Crippen molar-refractivity contribution in [3.63, 3.8) is 0 Å². The van der Waals surface area contributed by atoms with E-state index in [1.807, 2.05) is 30.3 Å². The number of dihydropyridines is 1. The highest BCUT2D eigenvalue weighted by Crippen LogP contribution is 2.45. The largest absolute Gasteiger partial charge is 0.362 e. The minimum atomic E-state index is -0.914. The molecule has 7 heteroatoms. The Kier molecular flexibility index (Phi) is 6.22. The third-order valence-electron chi connectivity index (χ3n) is 6.73. The van der Waals surface area contributed by atoms with Gasteiger partial charge in [0.2, 0.25) is 0 Å². The number of carbonyl (C=O) groups excluding carboxylic acids is 2. The fourth-order valence-corrected chi connectivity index (χ4v) is 5.07. The number of allylic oxidation sites excluding steroid dienone is 3. The third-order valence-corrected chi connectivity index (χ3v) is 6.73. The molecule has 0 unspecified atom stereocenters. The molecule has 3 aromatic rings. The second-order valence-corrected chi connectivity index (χ2v) is 9.06. The van der Waals surface area contributed by atoms with E-state index in [1.165, 1.54) is 12.1 Å². The molecule has 2 N–H and O–H groups in total. The highest BCUT2D eigenvalue weighted by Gasteiger charge is 2.41. The predicted molar refractivity (Wildman–Crippen MR) is 130 cm³/mol. The Balaban J connectivity index is 1.56. The number of Topliss-reactive ketones (excluding diaryl/α,β-unsaturated/α-hetero) is 1. The van der Waals surface area contributed by atoms with Crippen molar-refractivity contribution in [1.29, 1.82) is 0 Å². The summed E-state index contributed by atoms with van der Waals surface area (Å²) >= 11 is 0. The van der Waals surface area contributed by atoms with Crippen molar-refractivity contribution in [3.05, 3.63) is 124 Å². The average molecular weight is 489 g/mol. The van der Waals surface area contributed by atoms with Gasteiger partial charge in [-0.2, -0.15) is 0 Å². The van der Waals surface area contributed by atoms with Crippen LogP contribution in [0.4, 0.5) is 18.9 Å². The van der Waals surface area contributed by atoms with Crippen LogP contribution in [0.5, 0.6) is 0 Å². The predicted octanol–water partition coefficient (Wildman–Crippen LogP) is 6.10. The first-order chi connectivity index (χ1) is 17.3. The van der Waals surface area contributed by atoms with Gasteiger partial charge < -0.3 is 10.6 Å². The van der Waals surface area contributed by atoms with Crippen LogP contribution in [-0.4, -0.2) is 11.7 Å². The van der Waals surface area contributed by atoms with Gasteiger partial charge in [-0.05, 0) is 54.7 Å². The molecule has 0 fully saturated rings. The van der Waals surface area contributed by atoms with Crippen molar-refractivity contribution in [2.24, 2.45) is 0 Å². The SMILES string of the molecule is CC1=C(C(=O)Nc2ccc(F)cc2F)[C@H](c2ccc(F)cc2)C2=C(C[C@@H](c3ccccc3)CC2=O)N1. The number of halogens is 3. The van der Waals surface area contributed by atoms with Gasteiger partial charge in [0, 0.05) is 40.9 Å². The van der Waals surface area contributed by atoms with Crippen molar-refractivity contribution in [2.45, 2.75) is 31.6 Å². The number of benzene rings is 3. The van der Waals surface area contributed by atoms with Crippen molar-refractivity contribution in [3.8, 4) is 0 Å². The topological polar surface area (TPSA) is 58.2 Å². The van der Waals surface area contributed by atoms with E-state index in [4.69, 9.17) is 0 Å². The van der Waals surface area contributed by atoms with Gasteiger partial charge in [-0.1, -0.05) is 42.5 Å². The monoisotopic (exact) mass is 488 g/mol. The molecule has 1 amide bonds. The highest BCUT2D eigenvalue weighted by atomic mass is 19.1. The summed E-state index contributed by atoms with van der Waals surface area (Å²) < 4.78 is 41.4. The van der Waals surface area contributed by atoms with E-state index >= 15 is 0 Å². The van der Waals surface area contributed by atoms with Crippen molar-refractivity contribution in [1.82, 2.24) is 5.32 Å². The Bertz CT molecular complexity index is 1410. The molecule has 36 heavy (non-hydrogen) atoms. The minimum Gasteiger partial charge on any atom is -0.362 e. The number of carbonyl (C=O) groups is 2. The Labute approximate surface area is 206 Å². The Hall–Kier alpha value is -4.13. The van der Waals surface area contributed by atoms with E-state index in [-0.39, 0.29) is 29.4 Å². The second-order valence-electron chi connectivity index (χ2n) is 9.06. The van der Waals surface area contributed by atoms with Gasteiger partial charge >= 0.3 is 0 Å². The van der Waals surface area contributed by atoms with E-state index < -0.39 is 29.3 Å². The summed E-state index contributed by atoms with van der Waals surface area (Å²) in [5.74, 6) is -3.66. The number of nitrogens with one attached hydrogen (secondary N) is 2. The van der Waals surface area contributed by atoms with E-state index in [2.05, 4.69) is 10.6 Å². The standard InChI is InChI=1S/C29H23F3N2O2/c1-16-26(29(36)34-23-12-11-21(31)15-22(23)32)27(18-7-9-20(30)10-8-18)28-24(33-16)13-19(14-25(28)35)17-5-3-2-4-6-17/h2-12,15,19,27,33H,13-14H2,1H3,(H,34,36)/t19-,27+/m1/s1. The van der Waals surface area contributed by atoms with Crippen LogP contribution in [0.1, 0.15) is 42.7 Å². The van der Waals surface area contributed by atoms with Gasteiger partial charge in [-0.3, -0.25) is 9.59 Å². The molecule has 1 aliphatic carbocycles. The van der Waals surface area contributed by atoms with Gasteiger partial charge in [-0.25, -0.2) is 13.2 Å². The molecule has 0 saturated carbocycles. The molecule has 4 nitrogen and oxygen atoms in total. The molecule has 0 bridgehead atoms. The number of hydrogen-bond acceptors (Lipinski definition) is 3. The lowest BCUT2D eigenvalue weighted by Gasteiger charge is -2.37. The fourth-order valence-electron chi connectivity index (χ4n) is 5.07. The van der Waals surface area contributed by atoms with Crippen molar-refractivity contribution < 1.29 is 22.8 Å². The number of anilines is 1. The Morgan fingerprint density at radius 3 is 2.28 bits per heavy atom. The van der Waals surface area contributed by atoms with Crippen LogP contribution in [0.25, 0.3) is 0 Å². The maximum absolute atomic E-state index is 14.3. The first-order valence-electron chi connectivity index (χ1n) is 11.6. The molecular weight excluding hydrogens is 465 g/mol. The molecule has 0 saturated heterocycles. The zero-order valence-electron chi connectivity index (χ0n) is 19.4. The van der Waals surface area contributed by atoms with E-state index in [1.54, 1.807) is 19.1 Å². The van der Waals surface area contributed by atoms with E-state index in [9.17, 15) is 22.8 Å². The normalized spacial score (nSPS) is 19.6. The Morgan fingerprint density at radius 2 is 1.58 bits per heavy atom. The van der Waals surface area contributed by atoms with E-state index in [0.717, 1.165) is 23.4 Å². The summed E-state index contributed by atoms with van der Waals surface area (Å²) in [5.41, 5.74) is 3.33. The first kappa shape index (κ1) is 23.6. The zero-order valence-corrected chi connectivity index (χ0v) is 19.4. The number of amides is 1. The zero-order chi connectivity index (χ0) is 25.4. The quantitative estimate of drug-likeness (QED) is 0.466. The van der Waals surface area contributed by atoms with E-state index in [0.29, 0.717) is 29.3 Å². The molecular formula is C29H23F3N2O2. The molecule has 0 aromatic heterocycles. The van der Waals surface area contributed by atoms with Crippen LogP contribution >= 0.6 is 0 Å². The number of hydrogen-bond donors (Lipinski definition) is 2. The van der Waals surface area contributed by atoms with Crippen molar-refractivity contribution in [2.75, 3.05) is 5.32 Å². The molecule has 3 aromatic carbocycles. The van der Waals surface area contributed by atoms with Crippen molar-refractivity contribution >= 4 is 17.4 Å². The first-order valence-corrected chi connectivity index (χ1v) is 11.6. The molecule has 0 spiro atoms. The van der Waals surface area contributed by atoms with Crippen LogP contribution < -0.4 is 10.6 Å². The lowest BCUT2D eigenvalue weighted by Crippen LogP contribution is -2.37. The molecule has 2 atom stereocenters. The fraction of sp³-hybridized carbons (Fsp3) is 0.172. The van der Waals surface area contributed by atoms with Gasteiger partial charge in [-0.15, -0.1) is 0 Å². The smallest absolute Gasteiger partial charge is 0.254 e. The lowest BCUT2D eigenvalue weighted by molar-refractivity contribution is -0.116. The summed E-state index contributed by atoms with van der Waals surface area (Å²) in [5, 5.41) is 5.76. The summed E-state index contributed by atoms with van der Waals surface area (Å²) in [6, 6.07) is 18.3. The van der Waals surface area contributed by atoms with Gasteiger partial charge in [0.05, 0.1) is 5.69 Å². The summed E-state index contributed by atoms with van der Waals surface area (Å²) in [7, 11) is 0. The van der Waals surface area contributed by atoms with Crippen LogP contribution in [0.3, 0.4) is 0 Å². The average Bonchev–Trinajstić information content (AvgIpc) is 2.85. The summed E-state index contributed by atoms with van der Waals surface area (Å²) in [6.07, 6.45) is 0.838. The molecule has 1 aliphatic heterocycles. The third kappa shape index (κ3) is 4.44.